The summed E-state index contributed by atoms with van der Waals surface area (Å²) in [4.78, 5) is 22.3. The van der Waals surface area contributed by atoms with E-state index in [1.54, 1.807) is 24.3 Å². The largest absolute Gasteiger partial charge is 0.342 e. The van der Waals surface area contributed by atoms with Crippen LogP contribution in [0.25, 0.3) is 0 Å². The van der Waals surface area contributed by atoms with Gasteiger partial charge < -0.3 is 10.2 Å². The number of benzene rings is 1. The third kappa shape index (κ3) is 4.28. The van der Waals surface area contributed by atoms with Gasteiger partial charge in [-0.25, -0.2) is 9.97 Å². The lowest BCUT2D eigenvalue weighted by Gasteiger charge is -2.16. The van der Waals surface area contributed by atoms with Crippen molar-refractivity contribution < 1.29 is 4.79 Å². The molecule has 0 saturated heterocycles. The van der Waals surface area contributed by atoms with Crippen molar-refractivity contribution in [2.75, 3.05) is 18.9 Å². The van der Waals surface area contributed by atoms with E-state index in [1.807, 2.05) is 31.2 Å². The van der Waals surface area contributed by atoms with Crippen molar-refractivity contribution in [3.05, 3.63) is 47.8 Å². The Labute approximate surface area is 131 Å². The standard InChI is InChI=1S/C17H22N4O/c1-4-5-10-21(3)16(22)14-11-18-17(19-12-14)20-15-8-6-13(2)7-9-15/h6-9,11-12H,4-5,10H2,1-3H3,(H,18,19,20). The summed E-state index contributed by atoms with van der Waals surface area (Å²) >= 11 is 0. The summed E-state index contributed by atoms with van der Waals surface area (Å²) in [5.74, 6) is 0.437. The van der Waals surface area contributed by atoms with Gasteiger partial charge in [-0.15, -0.1) is 0 Å². The minimum absolute atomic E-state index is 0.0460. The van der Waals surface area contributed by atoms with Crippen LogP contribution in [0.15, 0.2) is 36.7 Å². The minimum Gasteiger partial charge on any atom is -0.342 e. The second kappa shape index (κ2) is 7.54. The summed E-state index contributed by atoms with van der Waals surface area (Å²) in [7, 11) is 1.80. The number of carbonyl (C=O) groups excluding carboxylic acids is 1. The van der Waals surface area contributed by atoms with E-state index < -0.39 is 0 Å². The monoisotopic (exact) mass is 298 g/mol. The molecule has 1 aromatic carbocycles. The molecule has 1 amide bonds. The van der Waals surface area contributed by atoms with Crippen LogP contribution in [0.2, 0.25) is 0 Å². The summed E-state index contributed by atoms with van der Waals surface area (Å²) < 4.78 is 0. The van der Waals surface area contributed by atoms with Crippen molar-refractivity contribution in [2.45, 2.75) is 26.7 Å². The predicted octanol–water partition coefficient (Wildman–Crippen LogP) is 3.40. The van der Waals surface area contributed by atoms with E-state index in [2.05, 4.69) is 22.2 Å². The molecule has 116 valence electrons. The van der Waals surface area contributed by atoms with E-state index in [0.29, 0.717) is 11.5 Å². The molecular weight excluding hydrogens is 276 g/mol. The van der Waals surface area contributed by atoms with Crippen molar-refractivity contribution in [3.63, 3.8) is 0 Å². The second-order valence-corrected chi connectivity index (χ2v) is 5.37. The fourth-order valence-electron chi connectivity index (χ4n) is 1.99. The first-order valence-electron chi connectivity index (χ1n) is 7.51. The summed E-state index contributed by atoms with van der Waals surface area (Å²) in [6, 6.07) is 7.97. The highest BCUT2D eigenvalue weighted by Crippen LogP contribution is 2.13. The van der Waals surface area contributed by atoms with Crippen molar-refractivity contribution in [3.8, 4) is 0 Å². The van der Waals surface area contributed by atoms with Crippen molar-refractivity contribution in [2.24, 2.45) is 0 Å². The number of hydrogen-bond donors (Lipinski definition) is 1. The maximum Gasteiger partial charge on any atom is 0.256 e. The number of nitrogens with zero attached hydrogens (tertiary/aromatic N) is 3. The quantitative estimate of drug-likeness (QED) is 0.888. The van der Waals surface area contributed by atoms with Gasteiger partial charge >= 0.3 is 0 Å². The summed E-state index contributed by atoms with van der Waals surface area (Å²) in [6.45, 7) is 4.89. The van der Waals surface area contributed by atoms with Gasteiger partial charge in [0.25, 0.3) is 5.91 Å². The molecule has 0 atom stereocenters. The number of carbonyl (C=O) groups is 1. The number of amides is 1. The zero-order valence-corrected chi connectivity index (χ0v) is 13.3. The highest BCUT2D eigenvalue weighted by Gasteiger charge is 2.12. The van der Waals surface area contributed by atoms with Crippen LogP contribution < -0.4 is 5.32 Å². The Morgan fingerprint density at radius 1 is 1.18 bits per heavy atom. The molecule has 0 radical (unpaired) electrons. The number of unbranched alkanes of at least 4 members (excludes halogenated alkanes) is 1. The topological polar surface area (TPSA) is 58.1 Å². The molecule has 22 heavy (non-hydrogen) atoms. The summed E-state index contributed by atoms with van der Waals surface area (Å²) in [6.07, 6.45) is 5.19. The highest BCUT2D eigenvalue weighted by molar-refractivity contribution is 5.93. The van der Waals surface area contributed by atoms with Crippen LogP contribution >= 0.6 is 0 Å². The van der Waals surface area contributed by atoms with Gasteiger partial charge in [-0.3, -0.25) is 4.79 Å². The highest BCUT2D eigenvalue weighted by atomic mass is 16.2. The number of nitrogens with one attached hydrogen (secondary N) is 1. The molecule has 2 rings (SSSR count). The molecule has 0 aliphatic carbocycles. The van der Waals surface area contributed by atoms with Gasteiger partial charge in [-0.05, 0) is 25.5 Å². The molecule has 5 heteroatoms. The maximum atomic E-state index is 12.2. The van der Waals surface area contributed by atoms with Gasteiger partial charge in [0, 0.05) is 31.7 Å². The van der Waals surface area contributed by atoms with Crippen molar-refractivity contribution in [1.82, 2.24) is 14.9 Å². The lowest BCUT2D eigenvalue weighted by atomic mass is 10.2. The Hall–Kier alpha value is -2.43. The lowest BCUT2D eigenvalue weighted by Crippen LogP contribution is -2.27. The summed E-state index contributed by atoms with van der Waals surface area (Å²) in [5, 5.41) is 3.11. The molecule has 0 aliphatic heterocycles. The summed E-state index contributed by atoms with van der Waals surface area (Å²) in [5.41, 5.74) is 2.63. The van der Waals surface area contributed by atoms with E-state index in [1.165, 1.54) is 5.56 Å². The molecular formula is C17H22N4O. The van der Waals surface area contributed by atoms with Crippen LogP contribution in [-0.4, -0.2) is 34.4 Å². The predicted molar refractivity (Wildman–Crippen MR) is 88.4 cm³/mol. The van der Waals surface area contributed by atoms with Crippen LogP contribution in [-0.2, 0) is 0 Å². The number of aryl methyl sites for hydroxylation is 1. The van der Waals surface area contributed by atoms with E-state index in [0.717, 1.165) is 25.1 Å². The Morgan fingerprint density at radius 3 is 2.41 bits per heavy atom. The third-order valence-corrected chi connectivity index (χ3v) is 3.40. The van der Waals surface area contributed by atoms with Gasteiger partial charge in [-0.2, -0.15) is 0 Å². The van der Waals surface area contributed by atoms with Gasteiger partial charge in [0.1, 0.15) is 0 Å². The van der Waals surface area contributed by atoms with Crippen LogP contribution in [0.3, 0.4) is 0 Å². The van der Waals surface area contributed by atoms with Crippen LogP contribution in [0.5, 0.6) is 0 Å². The first-order chi connectivity index (χ1) is 10.6. The molecule has 0 saturated carbocycles. The Morgan fingerprint density at radius 2 is 1.82 bits per heavy atom. The molecule has 1 N–H and O–H groups in total. The van der Waals surface area contributed by atoms with Crippen molar-refractivity contribution in [1.29, 1.82) is 0 Å². The second-order valence-electron chi connectivity index (χ2n) is 5.37. The maximum absolute atomic E-state index is 12.2. The van der Waals surface area contributed by atoms with E-state index in [9.17, 15) is 4.79 Å². The minimum atomic E-state index is -0.0460. The van der Waals surface area contributed by atoms with Gasteiger partial charge in [-0.1, -0.05) is 31.0 Å². The molecule has 0 fully saturated rings. The van der Waals surface area contributed by atoms with E-state index in [4.69, 9.17) is 0 Å². The first kappa shape index (κ1) is 15.9. The molecule has 1 heterocycles. The van der Waals surface area contributed by atoms with Gasteiger partial charge in [0.2, 0.25) is 5.95 Å². The number of aromatic nitrogens is 2. The fourth-order valence-corrected chi connectivity index (χ4v) is 1.99. The van der Waals surface area contributed by atoms with Crippen LogP contribution in [0.1, 0.15) is 35.7 Å². The first-order valence-corrected chi connectivity index (χ1v) is 7.51. The normalized spacial score (nSPS) is 10.3. The lowest BCUT2D eigenvalue weighted by molar-refractivity contribution is 0.0792. The molecule has 1 aromatic heterocycles. The van der Waals surface area contributed by atoms with Crippen molar-refractivity contribution >= 4 is 17.5 Å². The Balaban J connectivity index is 2.00. The van der Waals surface area contributed by atoms with Gasteiger partial charge in [0.15, 0.2) is 0 Å². The van der Waals surface area contributed by atoms with Gasteiger partial charge in [0.05, 0.1) is 5.56 Å². The zero-order chi connectivity index (χ0) is 15.9. The molecule has 0 spiro atoms. The third-order valence-electron chi connectivity index (χ3n) is 3.40. The zero-order valence-electron chi connectivity index (χ0n) is 13.3. The average molecular weight is 298 g/mol. The Bertz CT molecular complexity index is 608. The van der Waals surface area contributed by atoms with Crippen LogP contribution in [0.4, 0.5) is 11.6 Å². The van der Waals surface area contributed by atoms with E-state index in [-0.39, 0.29) is 5.91 Å². The number of rotatable bonds is 6. The number of anilines is 2. The average Bonchev–Trinajstić information content (AvgIpc) is 2.55. The fraction of sp³-hybridized carbons (Fsp3) is 0.353. The number of hydrogen-bond acceptors (Lipinski definition) is 4. The molecule has 0 bridgehead atoms. The molecule has 5 nitrogen and oxygen atoms in total. The smallest absolute Gasteiger partial charge is 0.256 e. The molecule has 0 unspecified atom stereocenters. The SMILES string of the molecule is CCCCN(C)C(=O)c1cnc(Nc2ccc(C)cc2)nc1. The van der Waals surface area contributed by atoms with Crippen LogP contribution in [0, 0.1) is 6.92 Å². The Kier molecular flexibility index (Phi) is 5.47. The molecule has 0 aliphatic rings. The molecule has 2 aromatic rings. The van der Waals surface area contributed by atoms with E-state index >= 15 is 0 Å².